The lowest BCUT2D eigenvalue weighted by Crippen LogP contribution is -2.32. The van der Waals surface area contributed by atoms with E-state index in [9.17, 15) is 4.79 Å². The van der Waals surface area contributed by atoms with Crippen LogP contribution in [0.3, 0.4) is 0 Å². The van der Waals surface area contributed by atoms with Gasteiger partial charge in [0.15, 0.2) is 0 Å². The highest BCUT2D eigenvalue weighted by Crippen LogP contribution is 2.29. The third-order valence-electron chi connectivity index (χ3n) is 3.78. The molecular formula is C19H26N2O2. The van der Waals surface area contributed by atoms with Crippen LogP contribution in [0.2, 0.25) is 0 Å². The van der Waals surface area contributed by atoms with E-state index in [0.29, 0.717) is 6.54 Å². The molecule has 0 fully saturated rings. The highest BCUT2D eigenvalue weighted by atomic mass is 16.3. The fraction of sp³-hybridized carbons (Fsp3) is 0.421. The van der Waals surface area contributed by atoms with Crippen LogP contribution in [-0.4, -0.2) is 24.4 Å². The number of benzene rings is 1. The molecule has 1 aromatic heterocycles. The molecule has 2 rings (SSSR count). The number of aryl methyl sites for hydroxylation is 1. The Balaban J connectivity index is 1.97. The van der Waals surface area contributed by atoms with Crippen LogP contribution in [0, 0.1) is 6.92 Å². The van der Waals surface area contributed by atoms with Gasteiger partial charge in [-0.1, -0.05) is 39.0 Å². The van der Waals surface area contributed by atoms with Gasteiger partial charge >= 0.3 is 0 Å². The zero-order chi connectivity index (χ0) is 17.0. The van der Waals surface area contributed by atoms with Gasteiger partial charge in [-0.3, -0.25) is 4.79 Å². The van der Waals surface area contributed by atoms with Crippen molar-refractivity contribution in [2.45, 2.75) is 39.7 Å². The maximum atomic E-state index is 12.3. The first-order chi connectivity index (χ1) is 10.8. The van der Waals surface area contributed by atoms with Crippen molar-refractivity contribution in [1.29, 1.82) is 0 Å². The highest BCUT2D eigenvalue weighted by Gasteiger charge is 2.18. The third-order valence-corrected chi connectivity index (χ3v) is 3.78. The summed E-state index contributed by atoms with van der Waals surface area (Å²) in [5, 5.41) is 3.27. The van der Waals surface area contributed by atoms with Crippen LogP contribution in [0.4, 0.5) is 5.69 Å². The second kappa shape index (κ2) is 6.90. The normalized spacial score (nSPS) is 11.3. The predicted octanol–water partition coefficient (Wildman–Crippen LogP) is 3.96. The van der Waals surface area contributed by atoms with Crippen molar-refractivity contribution in [2.75, 3.05) is 18.9 Å². The standard InChI is InChI=1S/C19H26N2O2/c1-14-10-11-15(23-14)13-21(5)18(22)12-20-17-9-7-6-8-16(17)19(2,3)4/h6-11,20H,12-13H2,1-5H3. The predicted molar refractivity (Wildman–Crippen MR) is 93.6 cm³/mol. The number of hydrogen-bond acceptors (Lipinski definition) is 3. The molecule has 1 amide bonds. The van der Waals surface area contributed by atoms with Crippen LogP contribution in [-0.2, 0) is 16.8 Å². The fourth-order valence-corrected chi connectivity index (χ4v) is 2.49. The molecule has 23 heavy (non-hydrogen) atoms. The first-order valence-corrected chi connectivity index (χ1v) is 7.90. The van der Waals surface area contributed by atoms with Crippen LogP contribution in [0.25, 0.3) is 0 Å². The van der Waals surface area contributed by atoms with E-state index in [-0.39, 0.29) is 17.9 Å². The molecule has 4 nitrogen and oxygen atoms in total. The quantitative estimate of drug-likeness (QED) is 0.908. The number of carbonyl (C=O) groups is 1. The van der Waals surface area contributed by atoms with Gasteiger partial charge in [0.2, 0.25) is 5.91 Å². The molecule has 124 valence electrons. The van der Waals surface area contributed by atoms with E-state index in [1.165, 1.54) is 5.56 Å². The Morgan fingerprint density at radius 2 is 1.87 bits per heavy atom. The number of nitrogens with zero attached hydrogens (tertiary/aromatic N) is 1. The average Bonchev–Trinajstić information content (AvgIpc) is 2.89. The topological polar surface area (TPSA) is 45.5 Å². The highest BCUT2D eigenvalue weighted by molar-refractivity contribution is 5.81. The van der Waals surface area contributed by atoms with Gasteiger partial charge in [0.05, 0.1) is 13.1 Å². The lowest BCUT2D eigenvalue weighted by molar-refractivity contribution is -0.128. The van der Waals surface area contributed by atoms with Gasteiger partial charge in [-0.25, -0.2) is 0 Å². The maximum Gasteiger partial charge on any atom is 0.242 e. The molecule has 0 radical (unpaired) electrons. The summed E-state index contributed by atoms with van der Waals surface area (Å²) in [6, 6.07) is 11.9. The molecule has 1 N–H and O–H groups in total. The molecule has 0 aliphatic heterocycles. The summed E-state index contributed by atoms with van der Waals surface area (Å²) in [6.45, 7) is 9.15. The minimum atomic E-state index is 0.0303. The largest absolute Gasteiger partial charge is 0.464 e. The number of carbonyl (C=O) groups excluding carboxylic acids is 1. The Labute approximate surface area is 138 Å². The summed E-state index contributed by atoms with van der Waals surface area (Å²) in [7, 11) is 1.79. The van der Waals surface area contributed by atoms with Crippen LogP contribution >= 0.6 is 0 Å². The van der Waals surface area contributed by atoms with Crippen molar-refractivity contribution in [1.82, 2.24) is 4.90 Å². The van der Waals surface area contributed by atoms with Gasteiger partial charge in [-0.2, -0.15) is 0 Å². The van der Waals surface area contributed by atoms with Crippen molar-refractivity contribution >= 4 is 11.6 Å². The Morgan fingerprint density at radius 1 is 1.17 bits per heavy atom. The van der Waals surface area contributed by atoms with Crippen molar-refractivity contribution in [3.8, 4) is 0 Å². The Kier molecular flexibility index (Phi) is 5.14. The number of rotatable bonds is 5. The zero-order valence-electron chi connectivity index (χ0n) is 14.6. The molecule has 0 aliphatic carbocycles. The summed E-state index contributed by atoms with van der Waals surface area (Å²) in [5.41, 5.74) is 2.25. The molecule has 0 aliphatic rings. The number of likely N-dealkylation sites (N-methyl/N-ethyl adjacent to an activating group) is 1. The van der Waals surface area contributed by atoms with Crippen LogP contribution < -0.4 is 5.32 Å². The molecular weight excluding hydrogens is 288 g/mol. The second-order valence-corrected chi connectivity index (χ2v) is 6.91. The smallest absolute Gasteiger partial charge is 0.242 e. The molecule has 2 aromatic rings. The Hall–Kier alpha value is -2.23. The second-order valence-electron chi connectivity index (χ2n) is 6.91. The van der Waals surface area contributed by atoms with E-state index >= 15 is 0 Å². The molecule has 1 heterocycles. The summed E-state index contributed by atoms with van der Waals surface area (Å²) >= 11 is 0. The number of hydrogen-bond donors (Lipinski definition) is 1. The molecule has 0 atom stereocenters. The summed E-state index contributed by atoms with van der Waals surface area (Å²) < 4.78 is 5.52. The number of anilines is 1. The van der Waals surface area contributed by atoms with Gasteiger partial charge < -0.3 is 14.6 Å². The van der Waals surface area contributed by atoms with Gasteiger partial charge in [-0.05, 0) is 36.1 Å². The van der Waals surface area contributed by atoms with Gasteiger partial charge in [0, 0.05) is 12.7 Å². The molecule has 0 spiro atoms. The minimum absolute atomic E-state index is 0.0303. The minimum Gasteiger partial charge on any atom is -0.464 e. The number of furan rings is 1. The van der Waals surface area contributed by atoms with E-state index in [2.05, 4.69) is 32.2 Å². The Morgan fingerprint density at radius 3 is 2.48 bits per heavy atom. The third kappa shape index (κ3) is 4.62. The fourth-order valence-electron chi connectivity index (χ4n) is 2.49. The summed E-state index contributed by atoms with van der Waals surface area (Å²) in [4.78, 5) is 14.0. The SMILES string of the molecule is Cc1ccc(CN(C)C(=O)CNc2ccccc2C(C)(C)C)o1. The van der Waals surface area contributed by atoms with Crippen LogP contribution in [0.15, 0.2) is 40.8 Å². The molecule has 0 saturated carbocycles. The Bertz CT molecular complexity index is 668. The first kappa shape index (κ1) is 17.1. The van der Waals surface area contributed by atoms with Crippen LogP contribution in [0.5, 0.6) is 0 Å². The van der Waals surface area contributed by atoms with E-state index in [1.807, 2.05) is 37.3 Å². The number of para-hydroxylation sites is 1. The van der Waals surface area contributed by atoms with E-state index in [1.54, 1.807) is 11.9 Å². The van der Waals surface area contributed by atoms with Crippen molar-refractivity contribution in [3.63, 3.8) is 0 Å². The van der Waals surface area contributed by atoms with Crippen molar-refractivity contribution < 1.29 is 9.21 Å². The van der Waals surface area contributed by atoms with E-state index in [0.717, 1.165) is 17.2 Å². The van der Waals surface area contributed by atoms with Crippen molar-refractivity contribution in [3.05, 3.63) is 53.5 Å². The molecule has 0 saturated heterocycles. The van der Waals surface area contributed by atoms with Gasteiger partial charge in [-0.15, -0.1) is 0 Å². The zero-order valence-corrected chi connectivity index (χ0v) is 14.6. The lowest BCUT2D eigenvalue weighted by Gasteiger charge is -2.24. The van der Waals surface area contributed by atoms with Gasteiger partial charge in [0.1, 0.15) is 11.5 Å². The monoisotopic (exact) mass is 314 g/mol. The first-order valence-electron chi connectivity index (χ1n) is 7.90. The molecule has 4 heteroatoms. The number of nitrogens with one attached hydrogen (secondary N) is 1. The molecule has 0 bridgehead atoms. The van der Waals surface area contributed by atoms with Crippen LogP contribution in [0.1, 0.15) is 37.9 Å². The molecule has 0 unspecified atom stereocenters. The van der Waals surface area contributed by atoms with Gasteiger partial charge in [0.25, 0.3) is 0 Å². The summed E-state index contributed by atoms with van der Waals surface area (Å²) in [5.74, 6) is 1.69. The van der Waals surface area contributed by atoms with E-state index < -0.39 is 0 Å². The maximum absolute atomic E-state index is 12.3. The number of amides is 1. The summed E-state index contributed by atoms with van der Waals surface area (Å²) in [6.07, 6.45) is 0. The molecule has 1 aromatic carbocycles. The lowest BCUT2D eigenvalue weighted by atomic mass is 9.86. The van der Waals surface area contributed by atoms with E-state index in [4.69, 9.17) is 4.42 Å². The van der Waals surface area contributed by atoms with Crippen molar-refractivity contribution in [2.24, 2.45) is 0 Å². The average molecular weight is 314 g/mol.